The van der Waals surface area contributed by atoms with Crippen molar-refractivity contribution in [3.05, 3.63) is 47.5 Å². The molecule has 1 atom stereocenters. The number of thiazole rings is 1. The molecule has 0 radical (unpaired) electrons. The minimum atomic E-state index is -0.516. The molecule has 6 rings (SSSR count). The van der Waals surface area contributed by atoms with Gasteiger partial charge in [-0.05, 0) is 68.4 Å². The second kappa shape index (κ2) is 6.99. The van der Waals surface area contributed by atoms with E-state index < -0.39 is 6.04 Å². The minimum absolute atomic E-state index is 0.124. The smallest absolute Gasteiger partial charge is 0.251 e. The van der Waals surface area contributed by atoms with E-state index >= 15 is 0 Å². The van der Waals surface area contributed by atoms with E-state index in [2.05, 4.69) is 15.6 Å². The van der Waals surface area contributed by atoms with E-state index in [1.807, 2.05) is 23.6 Å². The van der Waals surface area contributed by atoms with Crippen molar-refractivity contribution < 1.29 is 9.59 Å². The Morgan fingerprint density at radius 1 is 1.04 bits per heavy atom. The average molecular weight is 396 g/mol. The molecule has 2 N–H and O–H groups in total. The molecule has 2 amide bonds. The van der Waals surface area contributed by atoms with E-state index in [9.17, 15) is 9.59 Å². The van der Waals surface area contributed by atoms with Crippen LogP contribution in [-0.4, -0.2) is 22.8 Å². The van der Waals surface area contributed by atoms with Crippen LogP contribution >= 0.6 is 11.3 Å². The van der Waals surface area contributed by atoms with Crippen molar-refractivity contribution in [1.82, 2.24) is 10.3 Å². The molecule has 6 heteroatoms. The second-order valence-corrected chi connectivity index (χ2v) is 9.77. The Bertz CT molecular complexity index is 830. The molecule has 1 heterocycles. The van der Waals surface area contributed by atoms with E-state index in [-0.39, 0.29) is 17.2 Å². The quantitative estimate of drug-likeness (QED) is 0.801. The Morgan fingerprint density at radius 2 is 1.68 bits per heavy atom. The Kier molecular flexibility index (Phi) is 4.46. The number of benzene rings is 1. The third kappa shape index (κ3) is 3.24. The first-order chi connectivity index (χ1) is 13.6. The molecule has 0 spiro atoms. The van der Waals surface area contributed by atoms with Crippen molar-refractivity contribution in [2.75, 3.05) is 5.32 Å². The number of carbonyl (C=O) groups is 2. The summed E-state index contributed by atoms with van der Waals surface area (Å²) in [4.78, 5) is 30.5. The van der Waals surface area contributed by atoms with Gasteiger partial charge in [0.05, 0.1) is 0 Å². The van der Waals surface area contributed by atoms with Gasteiger partial charge in [-0.25, -0.2) is 4.98 Å². The van der Waals surface area contributed by atoms with Gasteiger partial charge in [0.2, 0.25) is 5.91 Å². The van der Waals surface area contributed by atoms with E-state index in [1.54, 1.807) is 18.3 Å². The molecule has 28 heavy (non-hydrogen) atoms. The van der Waals surface area contributed by atoms with Crippen molar-refractivity contribution in [2.45, 2.75) is 44.6 Å². The van der Waals surface area contributed by atoms with Gasteiger partial charge in [-0.2, -0.15) is 0 Å². The lowest BCUT2D eigenvalue weighted by atomic mass is 9.47. The monoisotopic (exact) mass is 395 g/mol. The molecule has 0 unspecified atom stereocenters. The molecule has 4 fully saturated rings. The number of nitrogens with zero attached hydrogens (tertiary/aromatic N) is 1. The normalized spacial score (nSPS) is 31.4. The number of hydrogen-bond donors (Lipinski definition) is 2. The number of rotatable bonds is 5. The summed E-state index contributed by atoms with van der Waals surface area (Å²) in [5.41, 5.74) is 0.472. The molecule has 0 aliphatic heterocycles. The van der Waals surface area contributed by atoms with Crippen LogP contribution in [-0.2, 0) is 4.79 Å². The van der Waals surface area contributed by atoms with Crippen molar-refractivity contribution >= 4 is 28.3 Å². The first-order valence-corrected chi connectivity index (χ1v) is 11.1. The Labute approximate surface area is 168 Å². The molecule has 146 valence electrons. The molecule has 1 aromatic carbocycles. The van der Waals surface area contributed by atoms with Crippen LogP contribution in [0.5, 0.6) is 0 Å². The molecule has 1 aromatic heterocycles. The first kappa shape index (κ1) is 17.9. The Hall–Kier alpha value is -2.21. The molecule has 4 aliphatic carbocycles. The fourth-order valence-electron chi connectivity index (χ4n) is 6.29. The maximum atomic E-state index is 13.3. The van der Waals surface area contributed by atoms with Crippen LogP contribution in [0.1, 0.15) is 48.9 Å². The minimum Gasteiger partial charge on any atom is -0.340 e. The van der Waals surface area contributed by atoms with Gasteiger partial charge in [-0.1, -0.05) is 18.2 Å². The van der Waals surface area contributed by atoms with Crippen LogP contribution in [0.3, 0.4) is 0 Å². The Morgan fingerprint density at radius 3 is 2.25 bits per heavy atom. The summed E-state index contributed by atoms with van der Waals surface area (Å²) in [6.07, 6.45) is 8.72. The number of amides is 2. The number of carbonyl (C=O) groups excluding carboxylic acids is 2. The van der Waals surface area contributed by atoms with Crippen LogP contribution in [0.4, 0.5) is 5.13 Å². The predicted octanol–water partition coefficient (Wildman–Crippen LogP) is 4.10. The summed E-state index contributed by atoms with van der Waals surface area (Å²) in [6.45, 7) is 0. The molecule has 4 bridgehead atoms. The summed E-state index contributed by atoms with van der Waals surface area (Å²) in [5, 5.41) is 8.52. The Balaban J connectivity index is 1.44. The third-order valence-corrected chi connectivity index (χ3v) is 7.62. The van der Waals surface area contributed by atoms with Gasteiger partial charge in [0.1, 0.15) is 6.04 Å². The average Bonchev–Trinajstić information content (AvgIpc) is 3.18. The van der Waals surface area contributed by atoms with E-state index in [0.717, 1.165) is 19.3 Å². The lowest BCUT2D eigenvalue weighted by Gasteiger charge is -2.58. The molecule has 4 aliphatic rings. The zero-order valence-electron chi connectivity index (χ0n) is 15.8. The number of nitrogens with one attached hydrogen (secondary N) is 2. The zero-order valence-corrected chi connectivity index (χ0v) is 16.6. The van der Waals surface area contributed by atoms with Crippen LogP contribution in [0.25, 0.3) is 0 Å². The van der Waals surface area contributed by atoms with Gasteiger partial charge in [0, 0.05) is 22.6 Å². The summed E-state index contributed by atoms with van der Waals surface area (Å²) in [5.74, 6) is 1.82. The van der Waals surface area contributed by atoms with Gasteiger partial charge in [-0.15, -0.1) is 11.3 Å². The summed E-state index contributed by atoms with van der Waals surface area (Å²) < 4.78 is 0. The van der Waals surface area contributed by atoms with Crippen molar-refractivity contribution in [3.63, 3.8) is 0 Å². The van der Waals surface area contributed by atoms with Gasteiger partial charge < -0.3 is 10.6 Å². The number of hydrogen-bond acceptors (Lipinski definition) is 4. The molecule has 2 aromatic rings. The highest BCUT2D eigenvalue weighted by molar-refractivity contribution is 7.13. The molecule has 0 saturated heterocycles. The van der Waals surface area contributed by atoms with Crippen LogP contribution in [0.15, 0.2) is 41.9 Å². The van der Waals surface area contributed by atoms with Crippen LogP contribution in [0.2, 0.25) is 0 Å². The highest BCUT2D eigenvalue weighted by Crippen LogP contribution is 2.61. The van der Waals surface area contributed by atoms with Crippen molar-refractivity contribution in [3.8, 4) is 0 Å². The van der Waals surface area contributed by atoms with Crippen molar-refractivity contribution in [2.24, 2.45) is 23.2 Å². The fourth-order valence-corrected chi connectivity index (χ4v) is 6.83. The zero-order chi connectivity index (χ0) is 19.1. The number of anilines is 1. The summed E-state index contributed by atoms with van der Waals surface area (Å²) in [6, 6.07) is 8.67. The second-order valence-electron chi connectivity index (χ2n) is 8.88. The summed E-state index contributed by atoms with van der Waals surface area (Å²) in [7, 11) is 0. The third-order valence-electron chi connectivity index (χ3n) is 6.93. The fraction of sp³-hybridized carbons (Fsp3) is 0.500. The van der Waals surface area contributed by atoms with Gasteiger partial charge in [0.25, 0.3) is 5.91 Å². The lowest BCUT2D eigenvalue weighted by Crippen LogP contribution is -2.61. The van der Waals surface area contributed by atoms with E-state index in [4.69, 9.17) is 0 Å². The lowest BCUT2D eigenvalue weighted by molar-refractivity contribution is -0.129. The maximum absolute atomic E-state index is 13.3. The van der Waals surface area contributed by atoms with Gasteiger partial charge in [-0.3, -0.25) is 9.59 Å². The standard InChI is InChI=1S/C22H25N3O2S/c26-19(17-4-2-1-3-5-17)24-18(20(27)25-21-23-6-7-28-21)22-11-14-8-15(12-22)10-16(9-14)13-22/h1-7,14-16,18H,8-13H2,(H,24,26)(H,23,25,27)/t14?,15?,16?,18-,22?/m0/s1. The SMILES string of the molecule is O=C(N[C@@H](C(=O)Nc1nccs1)C12CC3CC(CC(C3)C1)C2)c1ccccc1. The number of aromatic nitrogens is 1. The van der Waals surface area contributed by atoms with Gasteiger partial charge in [0.15, 0.2) is 5.13 Å². The largest absolute Gasteiger partial charge is 0.340 e. The first-order valence-electron chi connectivity index (χ1n) is 10.2. The van der Waals surface area contributed by atoms with E-state index in [0.29, 0.717) is 28.4 Å². The predicted molar refractivity (Wildman–Crippen MR) is 109 cm³/mol. The van der Waals surface area contributed by atoms with Gasteiger partial charge >= 0.3 is 0 Å². The van der Waals surface area contributed by atoms with Crippen molar-refractivity contribution in [1.29, 1.82) is 0 Å². The molecular weight excluding hydrogens is 370 g/mol. The molecule has 5 nitrogen and oxygen atoms in total. The highest BCUT2D eigenvalue weighted by atomic mass is 32.1. The molecule has 4 saturated carbocycles. The summed E-state index contributed by atoms with van der Waals surface area (Å²) >= 11 is 1.41. The van der Waals surface area contributed by atoms with E-state index in [1.165, 1.54) is 30.6 Å². The highest BCUT2D eigenvalue weighted by Gasteiger charge is 2.56. The van der Waals surface area contributed by atoms with Crippen LogP contribution < -0.4 is 10.6 Å². The molecular formula is C22H25N3O2S. The maximum Gasteiger partial charge on any atom is 0.251 e. The topological polar surface area (TPSA) is 71.1 Å². The van der Waals surface area contributed by atoms with Crippen LogP contribution in [0, 0.1) is 23.2 Å².